The van der Waals surface area contributed by atoms with Gasteiger partial charge in [-0.05, 0) is 6.92 Å². The molecule has 2 rings (SSSR count). The zero-order valence-corrected chi connectivity index (χ0v) is 18.6. The minimum Gasteiger partial charge on any atom is -0.463 e. The summed E-state index contributed by atoms with van der Waals surface area (Å²) in [6.45, 7) is 6.24. The molecule has 2 aliphatic rings. The Labute approximate surface area is 184 Å². The van der Waals surface area contributed by atoms with Gasteiger partial charge in [0.1, 0.15) is 18.8 Å². The standard InChI is InChI=1S/C20H28O12/c1-6-26-14-7-13(25)16(14)32-20-19(30-12(5)24)18(29-11(4)23)17(28-10(3)22)15(31-20)8-27-9(2)21/h14-20H,6-8H2,1-5H3/t14?,15-,16?,17+,18+,19-,20+/m1/s1. The second kappa shape index (κ2) is 11.3. The Kier molecular flexibility index (Phi) is 9.10. The zero-order valence-electron chi connectivity index (χ0n) is 18.6. The third-order valence-corrected chi connectivity index (χ3v) is 4.67. The van der Waals surface area contributed by atoms with Crippen molar-refractivity contribution in [3.05, 3.63) is 0 Å². The van der Waals surface area contributed by atoms with Crippen LogP contribution in [0, 0.1) is 0 Å². The fraction of sp³-hybridized carbons (Fsp3) is 0.750. The Bertz CT molecular complexity index is 734. The lowest BCUT2D eigenvalue weighted by atomic mass is 9.89. The van der Waals surface area contributed by atoms with Crippen LogP contribution < -0.4 is 0 Å². The molecule has 0 bridgehead atoms. The number of carbonyl (C=O) groups is 5. The lowest BCUT2D eigenvalue weighted by Gasteiger charge is -2.46. The monoisotopic (exact) mass is 460 g/mol. The van der Waals surface area contributed by atoms with Gasteiger partial charge in [0.05, 0.1) is 6.10 Å². The molecule has 1 saturated heterocycles. The maximum Gasteiger partial charge on any atom is 0.303 e. The van der Waals surface area contributed by atoms with Crippen molar-refractivity contribution >= 4 is 29.7 Å². The zero-order chi connectivity index (χ0) is 24.0. The minimum atomic E-state index is -1.41. The highest BCUT2D eigenvalue weighted by Crippen LogP contribution is 2.33. The molecule has 0 amide bonds. The molecule has 12 nitrogen and oxygen atoms in total. The molecule has 0 N–H and O–H groups in total. The van der Waals surface area contributed by atoms with Crippen molar-refractivity contribution in [2.45, 2.75) is 84.0 Å². The minimum absolute atomic E-state index is 0.143. The molecular weight excluding hydrogens is 432 g/mol. The Morgan fingerprint density at radius 3 is 1.94 bits per heavy atom. The van der Waals surface area contributed by atoms with E-state index in [1.54, 1.807) is 6.92 Å². The van der Waals surface area contributed by atoms with Crippen molar-refractivity contribution in [3.63, 3.8) is 0 Å². The molecule has 0 aromatic carbocycles. The topological polar surface area (TPSA) is 150 Å². The molecule has 180 valence electrons. The molecule has 12 heteroatoms. The van der Waals surface area contributed by atoms with E-state index < -0.39 is 66.8 Å². The van der Waals surface area contributed by atoms with E-state index in [0.29, 0.717) is 6.61 Å². The van der Waals surface area contributed by atoms with Crippen molar-refractivity contribution < 1.29 is 57.1 Å². The summed E-state index contributed by atoms with van der Waals surface area (Å²) in [5.74, 6) is -3.15. The maximum atomic E-state index is 12.1. The maximum absolute atomic E-state index is 12.1. The van der Waals surface area contributed by atoms with Crippen LogP contribution in [0.3, 0.4) is 0 Å². The first-order valence-electron chi connectivity index (χ1n) is 10.1. The van der Waals surface area contributed by atoms with Gasteiger partial charge in [-0.2, -0.15) is 0 Å². The van der Waals surface area contributed by atoms with Gasteiger partial charge in [0.2, 0.25) is 0 Å². The van der Waals surface area contributed by atoms with Crippen LogP contribution in [-0.4, -0.2) is 85.8 Å². The number of ether oxygens (including phenoxy) is 7. The van der Waals surface area contributed by atoms with Crippen LogP contribution in [-0.2, 0) is 57.1 Å². The second-order valence-corrected chi connectivity index (χ2v) is 7.29. The summed E-state index contributed by atoms with van der Waals surface area (Å²) in [7, 11) is 0. The van der Waals surface area contributed by atoms with Crippen LogP contribution in [0.5, 0.6) is 0 Å². The Balaban J connectivity index is 2.38. The molecule has 0 aromatic rings. The molecular formula is C20H28O12. The highest BCUT2D eigenvalue weighted by Gasteiger charge is 2.55. The van der Waals surface area contributed by atoms with Gasteiger partial charge < -0.3 is 33.2 Å². The van der Waals surface area contributed by atoms with Gasteiger partial charge >= 0.3 is 23.9 Å². The number of hydrogen-bond acceptors (Lipinski definition) is 12. The Morgan fingerprint density at radius 2 is 1.44 bits per heavy atom. The average molecular weight is 460 g/mol. The number of esters is 4. The first-order valence-corrected chi connectivity index (χ1v) is 10.1. The summed E-state index contributed by atoms with van der Waals surface area (Å²) < 4.78 is 37.9. The number of carbonyl (C=O) groups excluding carboxylic acids is 5. The van der Waals surface area contributed by atoms with E-state index in [4.69, 9.17) is 33.2 Å². The molecule has 1 aliphatic carbocycles. The van der Waals surface area contributed by atoms with Gasteiger partial charge in [-0.15, -0.1) is 0 Å². The van der Waals surface area contributed by atoms with Crippen molar-refractivity contribution in [3.8, 4) is 0 Å². The highest BCUT2D eigenvalue weighted by molar-refractivity contribution is 5.90. The van der Waals surface area contributed by atoms with Gasteiger partial charge in [0.15, 0.2) is 30.4 Å². The molecule has 0 radical (unpaired) electrons. The summed E-state index contributed by atoms with van der Waals surface area (Å²) in [4.78, 5) is 58.7. The summed E-state index contributed by atoms with van der Waals surface area (Å²) in [5.41, 5.74) is 0. The van der Waals surface area contributed by atoms with Gasteiger partial charge in [-0.25, -0.2) is 0 Å². The van der Waals surface area contributed by atoms with Gasteiger partial charge in [-0.1, -0.05) is 0 Å². The third-order valence-electron chi connectivity index (χ3n) is 4.67. The van der Waals surface area contributed by atoms with E-state index >= 15 is 0 Å². The van der Waals surface area contributed by atoms with Crippen LogP contribution in [0.4, 0.5) is 0 Å². The molecule has 1 aliphatic heterocycles. The Morgan fingerprint density at radius 1 is 0.875 bits per heavy atom. The Hall–Kier alpha value is -2.57. The van der Waals surface area contributed by atoms with E-state index in [2.05, 4.69) is 0 Å². The molecule has 2 unspecified atom stereocenters. The SMILES string of the molecule is CCOC1CC(=O)C1O[C@@H]1O[C@H](COC(C)=O)[C@H](OC(C)=O)[C@H](OC(C)=O)[C@H]1OC(C)=O. The number of ketones is 1. The third kappa shape index (κ3) is 6.71. The molecule has 2 fully saturated rings. The number of Topliss-reactive ketones (excluding diaryl/α,β-unsaturated/α-hetero) is 1. The molecule has 0 spiro atoms. The van der Waals surface area contributed by atoms with Crippen LogP contribution in [0.1, 0.15) is 41.0 Å². The van der Waals surface area contributed by atoms with Crippen molar-refractivity contribution in [2.75, 3.05) is 13.2 Å². The highest BCUT2D eigenvalue weighted by atomic mass is 16.7. The van der Waals surface area contributed by atoms with Crippen LogP contribution in [0.2, 0.25) is 0 Å². The van der Waals surface area contributed by atoms with E-state index in [9.17, 15) is 24.0 Å². The smallest absolute Gasteiger partial charge is 0.303 e. The van der Waals surface area contributed by atoms with E-state index in [1.807, 2.05) is 0 Å². The predicted octanol–water partition coefficient (Wildman–Crippen LogP) is -0.167. The van der Waals surface area contributed by atoms with Crippen molar-refractivity contribution in [2.24, 2.45) is 0 Å². The largest absolute Gasteiger partial charge is 0.463 e. The van der Waals surface area contributed by atoms with Crippen molar-refractivity contribution in [1.82, 2.24) is 0 Å². The molecule has 1 saturated carbocycles. The molecule has 1 heterocycles. The number of rotatable bonds is 9. The summed E-state index contributed by atoms with van der Waals surface area (Å²) in [5, 5.41) is 0. The fourth-order valence-electron chi connectivity index (χ4n) is 3.43. The molecule has 7 atom stereocenters. The predicted molar refractivity (Wildman–Crippen MR) is 102 cm³/mol. The fourth-order valence-corrected chi connectivity index (χ4v) is 3.43. The van der Waals surface area contributed by atoms with Crippen LogP contribution in [0.25, 0.3) is 0 Å². The van der Waals surface area contributed by atoms with E-state index in [1.165, 1.54) is 6.92 Å². The van der Waals surface area contributed by atoms with Crippen molar-refractivity contribution in [1.29, 1.82) is 0 Å². The van der Waals surface area contributed by atoms with Crippen LogP contribution >= 0.6 is 0 Å². The number of hydrogen-bond donors (Lipinski definition) is 0. The summed E-state index contributed by atoms with van der Waals surface area (Å²) in [6.07, 6.45) is -7.98. The first-order chi connectivity index (χ1) is 15.0. The van der Waals surface area contributed by atoms with Gasteiger partial charge in [0.25, 0.3) is 0 Å². The van der Waals surface area contributed by atoms with Gasteiger partial charge in [-0.3, -0.25) is 24.0 Å². The van der Waals surface area contributed by atoms with Crippen LogP contribution in [0.15, 0.2) is 0 Å². The lowest BCUT2D eigenvalue weighted by Crippen LogP contribution is -2.65. The second-order valence-electron chi connectivity index (χ2n) is 7.29. The molecule has 0 aromatic heterocycles. The quantitative estimate of drug-likeness (QED) is 0.332. The molecule has 32 heavy (non-hydrogen) atoms. The van der Waals surface area contributed by atoms with Gasteiger partial charge in [0, 0.05) is 40.7 Å². The first kappa shape index (κ1) is 25.7. The summed E-state index contributed by atoms with van der Waals surface area (Å²) >= 11 is 0. The van der Waals surface area contributed by atoms with E-state index in [0.717, 1.165) is 20.8 Å². The van der Waals surface area contributed by atoms with E-state index in [-0.39, 0.29) is 18.8 Å². The average Bonchev–Trinajstić information content (AvgIpc) is 2.67. The normalized spacial score (nSPS) is 31.8. The lowest BCUT2D eigenvalue weighted by molar-refractivity contribution is -0.323. The summed E-state index contributed by atoms with van der Waals surface area (Å²) in [6, 6.07) is 0.